The number of aromatic amines is 1. The number of fused-ring (bicyclic) bond motifs is 1. The number of rotatable bonds is 4. The van der Waals surface area contributed by atoms with E-state index >= 15 is 0 Å². The fraction of sp³-hybridized carbons (Fsp3) is 0.250. The van der Waals surface area contributed by atoms with E-state index in [1.807, 2.05) is 30.3 Å². The Morgan fingerprint density at radius 2 is 1.96 bits per heavy atom. The van der Waals surface area contributed by atoms with Crippen LogP contribution in [0.2, 0.25) is 0 Å². The number of aromatic nitrogens is 2. The van der Waals surface area contributed by atoms with E-state index in [4.69, 9.17) is 4.74 Å². The highest BCUT2D eigenvalue weighted by atomic mass is 16.5. The van der Waals surface area contributed by atoms with Crippen molar-refractivity contribution < 1.29 is 4.74 Å². The van der Waals surface area contributed by atoms with Crippen LogP contribution in [0.3, 0.4) is 0 Å². The van der Waals surface area contributed by atoms with Gasteiger partial charge >= 0.3 is 0 Å². The first-order chi connectivity index (χ1) is 12.2. The topological polar surface area (TPSA) is 50.3 Å². The van der Waals surface area contributed by atoms with Gasteiger partial charge in [0.15, 0.2) is 0 Å². The molecule has 1 aliphatic rings. The van der Waals surface area contributed by atoms with Crippen LogP contribution < -0.4 is 10.3 Å². The zero-order valence-electron chi connectivity index (χ0n) is 14.2. The molecule has 0 atom stereocenters. The van der Waals surface area contributed by atoms with Crippen molar-refractivity contribution in [1.82, 2.24) is 14.7 Å². The van der Waals surface area contributed by atoms with E-state index in [0.717, 1.165) is 42.2 Å². The molecule has 4 rings (SSSR count). The molecule has 0 saturated heterocycles. The summed E-state index contributed by atoms with van der Waals surface area (Å²) in [6.07, 6.45) is 0.856. The second-order valence-corrected chi connectivity index (χ2v) is 6.36. The summed E-state index contributed by atoms with van der Waals surface area (Å²) in [5.74, 6) is 0.739. The first-order valence-electron chi connectivity index (χ1n) is 8.48. The van der Waals surface area contributed by atoms with Gasteiger partial charge in [-0.05, 0) is 17.7 Å². The van der Waals surface area contributed by atoms with Crippen LogP contribution in [0.4, 0.5) is 0 Å². The van der Waals surface area contributed by atoms with E-state index in [1.165, 1.54) is 5.56 Å². The molecule has 5 nitrogen and oxygen atoms in total. The zero-order chi connectivity index (χ0) is 17.2. The summed E-state index contributed by atoms with van der Waals surface area (Å²) < 4.78 is 6.89. The summed E-state index contributed by atoms with van der Waals surface area (Å²) in [4.78, 5) is 15.2. The number of ether oxygens (including phenoxy) is 1. The van der Waals surface area contributed by atoms with Crippen molar-refractivity contribution in [1.29, 1.82) is 0 Å². The molecule has 25 heavy (non-hydrogen) atoms. The van der Waals surface area contributed by atoms with Crippen molar-refractivity contribution in [3.63, 3.8) is 0 Å². The maximum atomic E-state index is 12.9. The van der Waals surface area contributed by atoms with Crippen molar-refractivity contribution in [2.45, 2.75) is 19.5 Å². The average molecular weight is 335 g/mol. The first kappa shape index (κ1) is 15.7. The lowest BCUT2D eigenvalue weighted by atomic mass is 10.1. The van der Waals surface area contributed by atoms with Crippen molar-refractivity contribution in [3.05, 3.63) is 81.8 Å². The molecule has 0 fully saturated rings. The van der Waals surface area contributed by atoms with Gasteiger partial charge in [-0.15, -0.1) is 0 Å². The zero-order valence-corrected chi connectivity index (χ0v) is 14.2. The number of methoxy groups -OCH3 is 1. The highest BCUT2D eigenvalue weighted by Crippen LogP contribution is 2.20. The number of hydrogen-bond donors (Lipinski definition) is 1. The third-order valence-corrected chi connectivity index (χ3v) is 4.69. The normalized spacial score (nSPS) is 14.3. The first-order valence-corrected chi connectivity index (χ1v) is 8.48. The minimum Gasteiger partial charge on any atom is -0.497 e. The predicted octanol–water partition coefficient (Wildman–Crippen LogP) is 2.73. The number of nitrogens with zero attached hydrogens (tertiary/aromatic N) is 2. The highest BCUT2D eigenvalue weighted by molar-refractivity contribution is 5.40. The van der Waals surface area contributed by atoms with Gasteiger partial charge in [0, 0.05) is 37.8 Å². The van der Waals surface area contributed by atoms with Crippen molar-refractivity contribution in [2.24, 2.45) is 0 Å². The SMILES string of the molecule is COc1cccc(-n2[nH]c3c(c2=O)CN(Cc2ccccc2)CC3)c1. The molecule has 0 unspecified atom stereocenters. The Morgan fingerprint density at radius 3 is 2.76 bits per heavy atom. The second-order valence-electron chi connectivity index (χ2n) is 6.36. The molecule has 0 amide bonds. The minimum absolute atomic E-state index is 0.0287. The number of H-pyrrole nitrogens is 1. The van der Waals surface area contributed by atoms with Crippen molar-refractivity contribution in [2.75, 3.05) is 13.7 Å². The van der Waals surface area contributed by atoms with Gasteiger partial charge in [-0.2, -0.15) is 0 Å². The van der Waals surface area contributed by atoms with Crippen LogP contribution in [-0.2, 0) is 19.5 Å². The molecule has 0 aliphatic carbocycles. The summed E-state index contributed by atoms with van der Waals surface area (Å²) in [7, 11) is 1.63. The molecule has 0 saturated carbocycles. The number of hydrogen-bond acceptors (Lipinski definition) is 3. The number of nitrogens with one attached hydrogen (secondary N) is 1. The van der Waals surface area contributed by atoms with Gasteiger partial charge in [0.25, 0.3) is 5.56 Å². The van der Waals surface area contributed by atoms with E-state index in [-0.39, 0.29) is 5.56 Å². The lowest BCUT2D eigenvalue weighted by Gasteiger charge is -2.25. The summed E-state index contributed by atoms with van der Waals surface area (Å²) in [6.45, 7) is 2.49. The van der Waals surface area contributed by atoms with E-state index in [1.54, 1.807) is 11.8 Å². The lowest BCUT2D eigenvalue weighted by Crippen LogP contribution is -2.32. The van der Waals surface area contributed by atoms with Crippen LogP contribution in [0, 0.1) is 0 Å². The van der Waals surface area contributed by atoms with Gasteiger partial charge in [0.05, 0.1) is 18.4 Å². The standard InChI is InChI=1S/C20H21N3O2/c1-25-17-9-5-8-16(12-17)23-20(24)18-14-22(11-10-19(18)21-23)13-15-6-3-2-4-7-15/h2-9,12,21H,10-11,13-14H2,1H3. The Kier molecular flexibility index (Phi) is 4.15. The predicted molar refractivity (Wildman–Crippen MR) is 97.2 cm³/mol. The smallest absolute Gasteiger partial charge is 0.275 e. The van der Waals surface area contributed by atoms with Crippen LogP contribution in [-0.4, -0.2) is 28.3 Å². The third-order valence-electron chi connectivity index (χ3n) is 4.69. The van der Waals surface area contributed by atoms with E-state index in [0.29, 0.717) is 6.54 Å². The van der Waals surface area contributed by atoms with Crippen molar-refractivity contribution >= 4 is 0 Å². The second kappa shape index (κ2) is 6.61. The summed E-state index contributed by atoms with van der Waals surface area (Å²) in [6, 6.07) is 17.9. The maximum absolute atomic E-state index is 12.9. The van der Waals surface area contributed by atoms with Gasteiger partial charge in [-0.3, -0.25) is 14.8 Å². The van der Waals surface area contributed by atoms with E-state index < -0.39 is 0 Å². The molecular formula is C20H21N3O2. The van der Waals surface area contributed by atoms with Crippen LogP contribution in [0.15, 0.2) is 59.4 Å². The maximum Gasteiger partial charge on any atom is 0.275 e. The highest BCUT2D eigenvalue weighted by Gasteiger charge is 2.23. The van der Waals surface area contributed by atoms with Crippen LogP contribution in [0.5, 0.6) is 5.75 Å². The van der Waals surface area contributed by atoms with E-state index in [9.17, 15) is 4.79 Å². The molecule has 1 aromatic heterocycles. The Balaban J connectivity index is 1.61. The van der Waals surface area contributed by atoms with Gasteiger partial charge in [0.1, 0.15) is 5.75 Å². The minimum atomic E-state index is 0.0287. The molecule has 0 spiro atoms. The molecule has 2 aromatic carbocycles. The van der Waals surface area contributed by atoms with Gasteiger partial charge in [-0.1, -0.05) is 36.4 Å². The Morgan fingerprint density at radius 1 is 1.12 bits per heavy atom. The Hall–Kier alpha value is -2.79. The van der Waals surface area contributed by atoms with E-state index in [2.05, 4.69) is 34.3 Å². The summed E-state index contributed by atoms with van der Waals surface area (Å²) in [5, 5.41) is 3.28. The Bertz CT molecular complexity index is 928. The van der Waals surface area contributed by atoms with Crippen LogP contribution >= 0.6 is 0 Å². The lowest BCUT2D eigenvalue weighted by molar-refractivity contribution is 0.244. The molecule has 0 bridgehead atoms. The molecule has 0 radical (unpaired) electrons. The van der Waals surface area contributed by atoms with Gasteiger partial charge in [0.2, 0.25) is 0 Å². The Labute approximate surface area is 146 Å². The molecule has 128 valence electrons. The summed E-state index contributed by atoms with van der Waals surface area (Å²) >= 11 is 0. The molecule has 1 N–H and O–H groups in total. The quantitative estimate of drug-likeness (QED) is 0.798. The monoisotopic (exact) mass is 335 g/mol. The average Bonchev–Trinajstić information content (AvgIpc) is 2.99. The number of benzene rings is 2. The molecule has 2 heterocycles. The molecule has 5 heteroatoms. The van der Waals surface area contributed by atoms with Gasteiger partial charge in [-0.25, -0.2) is 4.68 Å². The fourth-order valence-electron chi connectivity index (χ4n) is 3.37. The van der Waals surface area contributed by atoms with Crippen LogP contribution in [0.25, 0.3) is 5.69 Å². The van der Waals surface area contributed by atoms with Crippen LogP contribution in [0.1, 0.15) is 16.8 Å². The largest absolute Gasteiger partial charge is 0.497 e. The molecular weight excluding hydrogens is 314 g/mol. The molecule has 1 aliphatic heterocycles. The fourth-order valence-corrected chi connectivity index (χ4v) is 3.37. The summed E-state index contributed by atoms with van der Waals surface area (Å²) in [5.41, 5.74) is 4.01. The van der Waals surface area contributed by atoms with Gasteiger partial charge < -0.3 is 4.74 Å². The molecule has 3 aromatic rings. The van der Waals surface area contributed by atoms with Crippen molar-refractivity contribution in [3.8, 4) is 11.4 Å². The third kappa shape index (κ3) is 3.10.